The molecule has 2 aromatic carbocycles. The van der Waals surface area contributed by atoms with Crippen LogP contribution in [0.3, 0.4) is 0 Å². The minimum absolute atomic E-state index is 0.00331. The third kappa shape index (κ3) is 5.08. The van der Waals surface area contributed by atoms with Crippen LogP contribution in [-0.2, 0) is 14.6 Å². The van der Waals surface area contributed by atoms with Crippen molar-refractivity contribution in [2.24, 2.45) is 0 Å². The molecule has 0 fully saturated rings. The van der Waals surface area contributed by atoms with Crippen molar-refractivity contribution in [1.29, 1.82) is 0 Å². The minimum atomic E-state index is -3.81. The second-order valence-corrected chi connectivity index (χ2v) is 9.68. The predicted octanol–water partition coefficient (Wildman–Crippen LogP) is 4.73. The number of halogens is 1. The van der Waals surface area contributed by atoms with Gasteiger partial charge in [-0.05, 0) is 62.7 Å². The standard InChI is InChI=1S/C22H23ClN2O5S/c1-13-11-17(23)6-7-18(13)24-21(26)9-10-31(27,28)20-12-16(5-8-19(20)29-4)22-14(2)15(3)25-30-22/h5-8,11-12H,9-10H2,1-4H3,(H,24,26). The van der Waals surface area contributed by atoms with Gasteiger partial charge in [0, 0.05) is 28.3 Å². The SMILES string of the molecule is COc1ccc(-c2onc(C)c2C)cc1S(=O)(=O)CCC(=O)Nc1ccc(Cl)cc1C. The lowest BCUT2D eigenvalue weighted by Gasteiger charge is -2.12. The van der Waals surface area contributed by atoms with E-state index in [2.05, 4.69) is 10.5 Å². The fraction of sp³-hybridized carbons (Fsp3) is 0.273. The van der Waals surface area contributed by atoms with E-state index in [9.17, 15) is 13.2 Å². The zero-order valence-electron chi connectivity index (χ0n) is 17.7. The average molecular weight is 463 g/mol. The highest BCUT2D eigenvalue weighted by Gasteiger charge is 2.23. The van der Waals surface area contributed by atoms with E-state index in [1.807, 2.05) is 20.8 Å². The number of sulfone groups is 1. The maximum Gasteiger partial charge on any atom is 0.225 e. The summed E-state index contributed by atoms with van der Waals surface area (Å²) >= 11 is 5.92. The number of hydrogen-bond donors (Lipinski definition) is 1. The zero-order chi connectivity index (χ0) is 22.8. The molecular weight excluding hydrogens is 440 g/mol. The van der Waals surface area contributed by atoms with Crippen LogP contribution < -0.4 is 10.1 Å². The number of ether oxygens (including phenoxy) is 1. The summed E-state index contributed by atoms with van der Waals surface area (Å²) in [4.78, 5) is 12.4. The Morgan fingerprint density at radius 1 is 1.16 bits per heavy atom. The molecule has 0 aliphatic carbocycles. The molecule has 0 unspecified atom stereocenters. The number of amides is 1. The summed E-state index contributed by atoms with van der Waals surface area (Å²) in [6.07, 6.45) is -0.210. The Labute approximate surface area is 186 Å². The molecule has 0 saturated carbocycles. The quantitative estimate of drug-likeness (QED) is 0.545. The molecule has 0 aliphatic rings. The van der Waals surface area contributed by atoms with E-state index in [1.54, 1.807) is 30.3 Å². The van der Waals surface area contributed by atoms with E-state index in [0.29, 0.717) is 22.0 Å². The van der Waals surface area contributed by atoms with Crippen LogP contribution in [0.1, 0.15) is 23.2 Å². The van der Waals surface area contributed by atoms with Crippen molar-refractivity contribution in [2.75, 3.05) is 18.2 Å². The molecule has 0 atom stereocenters. The van der Waals surface area contributed by atoms with Crippen molar-refractivity contribution in [3.8, 4) is 17.1 Å². The summed E-state index contributed by atoms with van der Waals surface area (Å²) in [6.45, 7) is 5.47. The van der Waals surface area contributed by atoms with Gasteiger partial charge in [-0.2, -0.15) is 0 Å². The third-order valence-corrected chi connectivity index (χ3v) is 6.94. The van der Waals surface area contributed by atoms with Gasteiger partial charge in [0.15, 0.2) is 15.6 Å². The number of benzene rings is 2. The average Bonchev–Trinajstić information content (AvgIpc) is 3.06. The number of carbonyl (C=O) groups is 1. The number of aromatic nitrogens is 1. The van der Waals surface area contributed by atoms with Crippen molar-refractivity contribution in [3.05, 3.63) is 58.2 Å². The molecule has 1 N–H and O–H groups in total. The zero-order valence-corrected chi connectivity index (χ0v) is 19.2. The minimum Gasteiger partial charge on any atom is -0.495 e. The summed E-state index contributed by atoms with van der Waals surface area (Å²) < 4.78 is 36.7. The van der Waals surface area contributed by atoms with Gasteiger partial charge in [0.1, 0.15) is 10.6 Å². The number of nitrogens with zero attached hydrogens (tertiary/aromatic N) is 1. The molecule has 7 nitrogen and oxygen atoms in total. The van der Waals surface area contributed by atoms with Crippen molar-refractivity contribution >= 4 is 33.0 Å². The Balaban J connectivity index is 1.81. The summed E-state index contributed by atoms with van der Waals surface area (Å²) in [5.74, 6) is -0.0929. The number of methoxy groups -OCH3 is 1. The molecule has 1 heterocycles. The van der Waals surface area contributed by atoms with Gasteiger partial charge in [-0.3, -0.25) is 4.79 Å². The van der Waals surface area contributed by atoms with Gasteiger partial charge in [0.25, 0.3) is 0 Å². The van der Waals surface area contributed by atoms with E-state index in [1.165, 1.54) is 13.2 Å². The molecule has 1 aromatic heterocycles. The van der Waals surface area contributed by atoms with Gasteiger partial charge in [0.05, 0.1) is 18.6 Å². The van der Waals surface area contributed by atoms with E-state index < -0.39 is 15.7 Å². The predicted molar refractivity (Wildman–Crippen MR) is 119 cm³/mol. The molecule has 0 spiro atoms. The Morgan fingerprint density at radius 2 is 1.90 bits per heavy atom. The maximum atomic E-state index is 13.0. The molecular formula is C22H23ClN2O5S. The second kappa shape index (κ2) is 9.11. The normalized spacial score (nSPS) is 11.4. The first-order valence-corrected chi connectivity index (χ1v) is 11.6. The van der Waals surface area contributed by atoms with Crippen molar-refractivity contribution in [1.82, 2.24) is 5.16 Å². The van der Waals surface area contributed by atoms with Crippen LogP contribution in [0.25, 0.3) is 11.3 Å². The maximum absolute atomic E-state index is 13.0. The number of aryl methyl sites for hydroxylation is 2. The van der Waals surface area contributed by atoms with Crippen molar-refractivity contribution in [2.45, 2.75) is 32.1 Å². The highest BCUT2D eigenvalue weighted by atomic mass is 35.5. The third-order valence-electron chi connectivity index (χ3n) is 4.98. The van der Waals surface area contributed by atoms with Crippen LogP contribution in [0, 0.1) is 20.8 Å². The van der Waals surface area contributed by atoms with Crippen molar-refractivity contribution in [3.63, 3.8) is 0 Å². The summed E-state index contributed by atoms with van der Waals surface area (Å²) in [7, 11) is -2.42. The van der Waals surface area contributed by atoms with Gasteiger partial charge in [0.2, 0.25) is 5.91 Å². The van der Waals surface area contributed by atoms with Crippen LogP contribution in [0.4, 0.5) is 5.69 Å². The molecule has 3 rings (SSSR count). The van der Waals surface area contributed by atoms with Crippen LogP contribution in [-0.4, -0.2) is 32.3 Å². The lowest BCUT2D eigenvalue weighted by molar-refractivity contribution is -0.115. The topological polar surface area (TPSA) is 98.5 Å². The lowest BCUT2D eigenvalue weighted by atomic mass is 10.1. The first-order chi connectivity index (χ1) is 14.6. The van der Waals surface area contributed by atoms with Gasteiger partial charge >= 0.3 is 0 Å². The molecule has 3 aromatic rings. The van der Waals surface area contributed by atoms with Gasteiger partial charge in [-0.15, -0.1) is 0 Å². The molecule has 0 aliphatic heterocycles. The van der Waals surface area contributed by atoms with E-state index >= 15 is 0 Å². The fourth-order valence-electron chi connectivity index (χ4n) is 3.06. The second-order valence-electron chi connectivity index (χ2n) is 7.16. The molecule has 9 heteroatoms. The van der Waals surface area contributed by atoms with E-state index in [-0.39, 0.29) is 22.8 Å². The molecule has 164 valence electrons. The van der Waals surface area contributed by atoms with Crippen LogP contribution in [0.5, 0.6) is 5.75 Å². The molecule has 0 radical (unpaired) electrons. The van der Waals surface area contributed by atoms with E-state index in [0.717, 1.165) is 16.8 Å². The molecule has 0 bridgehead atoms. The molecule has 0 saturated heterocycles. The Kier molecular flexibility index (Phi) is 6.71. The smallest absolute Gasteiger partial charge is 0.225 e. The van der Waals surface area contributed by atoms with Gasteiger partial charge in [-0.25, -0.2) is 8.42 Å². The Bertz CT molecular complexity index is 1230. The van der Waals surface area contributed by atoms with E-state index in [4.69, 9.17) is 20.9 Å². The van der Waals surface area contributed by atoms with Gasteiger partial charge in [-0.1, -0.05) is 16.8 Å². The largest absolute Gasteiger partial charge is 0.495 e. The number of nitrogens with one attached hydrogen (secondary N) is 1. The molecule has 31 heavy (non-hydrogen) atoms. The van der Waals surface area contributed by atoms with Crippen LogP contribution in [0.2, 0.25) is 5.02 Å². The first kappa shape index (κ1) is 22.8. The monoisotopic (exact) mass is 462 g/mol. The summed E-state index contributed by atoms with van der Waals surface area (Å²) in [5, 5.41) is 7.20. The van der Waals surface area contributed by atoms with Gasteiger partial charge < -0.3 is 14.6 Å². The number of carbonyl (C=O) groups excluding carboxylic acids is 1. The molecule has 1 amide bonds. The highest BCUT2D eigenvalue weighted by Crippen LogP contribution is 2.33. The first-order valence-electron chi connectivity index (χ1n) is 9.52. The highest BCUT2D eigenvalue weighted by molar-refractivity contribution is 7.91. The number of rotatable bonds is 7. The number of hydrogen-bond acceptors (Lipinski definition) is 6. The Hall–Kier alpha value is -2.84. The van der Waals surface area contributed by atoms with Crippen LogP contribution >= 0.6 is 11.6 Å². The summed E-state index contributed by atoms with van der Waals surface area (Å²) in [5.41, 5.74) is 3.49. The lowest BCUT2D eigenvalue weighted by Crippen LogP contribution is -2.18. The Morgan fingerprint density at radius 3 is 2.52 bits per heavy atom. The fourth-order valence-corrected chi connectivity index (χ4v) is 4.73. The van der Waals surface area contributed by atoms with Crippen molar-refractivity contribution < 1.29 is 22.5 Å². The summed E-state index contributed by atoms with van der Waals surface area (Å²) in [6, 6.07) is 9.82. The van der Waals surface area contributed by atoms with Crippen LogP contribution in [0.15, 0.2) is 45.8 Å². The number of anilines is 1.